The number of hydrogen-bond donors (Lipinski definition) is 1. The van der Waals surface area contributed by atoms with Gasteiger partial charge < -0.3 is 5.11 Å². The van der Waals surface area contributed by atoms with Crippen LogP contribution in [0.5, 0.6) is 0 Å². The predicted octanol–water partition coefficient (Wildman–Crippen LogP) is 3.21. The van der Waals surface area contributed by atoms with E-state index in [4.69, 9.17) is 5.11 Å². The highest BCUT2D eigenvalue weighted by atomic mass is 16.4. The molecule has 0 spiro atoms. The van der Waals surface area contributed by atoms with Gasteiger partial charge in [0.25, 0.3) is 0 Å². The molecule has 0 atom stereocenters. The lowest BCUT2D eigenvalue weighted by Gasteiger charge is -2.02. The van der Waals surface area contributed by atoms with Crippen LogP contribution in [0.4, 0.5) is 0 Å². The highest BCUT2D eigenvalue weighted by Gasteiger charge is 2.06. The van der Waals surface area contributed by atoms with Crippen LogP contribution < -0.4 is 0 Å². The van der Waals surface area contributed by atoms with Gasteiger partial charge in [0.15, 0.2) is 5.78 Å². The zero-order chi connectivity index (χ0) is 14.4. The van der Waals surface area contributed by atoms with Crippen LogP contribution in [0.3, 0.4) is 0 Å². The molecule has 20 heavy (non-hydrogen) atoms. The molecule has 0 aliphatic carbocycles. The van der Waals surface area contributed by atoms with Gasteiger partial charge in [-0.1, -0.05) is 54.6 Å². The van der Waals surface area contributed by atoms with E-state index in [1.54, 1.807) is 24.3 Å². The predicted molar refractivity (Wildman–Crippen MR) is 77.6 cm³/mol. The molecule has 1 N–H and O–H groups in total. The Hall–Kier alpha value is -2.68. The highest BCUT2D eigenvalue weighted by Crippen LogP contribution is 2.10. The minimum Gasteiger partial charge on any atom is -0.478 e. The fourth-order valence-corrected chi connectivity index (χ4v) is 1.83. The molecule has 0 amide bonds. The minimum absolute atomic E-state index is 0.0463. The lowest BCUT2D eigenvalue weighted by Crippen LogP contribution is -2.03. The zero-order valence-electron chi connectivity index (χ0n) is 10.8. The van der Waals surface area contributed by atoms with Gasteiger partial charge in [-0.15, -0.1) is 0 Å². The second kappa shape index (κ2) is 6.48. The van der Waals surface area contributed by atoms with Gasteiger partial charge in [-0.05, 0) is 17.2 Å². The van der Waals surface area contributed by atoms with E-state index in [1.807, 2.05) is 30.3 Å². The third-order valence-electron chi connectivity index (χ3n) is 2.86. The van der Waals surface area contributed by atoms with E-state index in [2.05, 4.69) is 0 Å². The fourth-order valence-electron chi connectivity index (χ4n) is 1.83. The van der Waals surface area contributed by atoms with Crippen LogP contribution in [0.25, 0.3) is 6.08 Å². The zero-order valence-corrected chi connectivity index (χ0v) is 10.8. The van der Waals surface area contributed by atoms with Crippen molar-refractivity contribution in [2.75, 3.05) is 0 Å². The molecule has 0 radical (unpaired) electrons. The van der Waals surface area contributed by atoms with Gasteiger partial charge in [-0.2, -0.15) is 0 Å². The number of benzene rings is 2. The van der Waals surface area contributed by atoms with Crippen LogP contribution >= 0.6 is 0 Å². The summed E-state index contributed by atoms with van der Waals surface area (Å²) in [7, 11) is 0. The number of carboxylic acids is 1. The molecule has 2 rings (SSSR count). The molecule has 3 nitrogen and oxygen atoms in total. The van der Waals surface area contributed by atoms with E-state index in [0.717, 1.165) is 17.2 Å². The molecular formula is C17H14O3. The third-order valence-corrected chi connectivity index (χ3v) is 2.86. The van der Waals surface area contributed by atoms with E-state index in [-0.39, 0.29) is 5.78 Å². The van der Waals surface area contributed by atoms with Gasteiger partial charge in [-0.3, -0.25) is 4.79 Å². The summed E-state index contributed by atoms with van der Waals surface area (Å²) in [6.07, 6.45) is 2.93. The van der Waals surface area contributed by atoms with E-state index >= 15 is 0 Å². The van der Waals surface area contributed by atoms with E-state index < -0.39 is 5.97 Å². The molecule has 2 aromatic carbocycles. The third kappa shape index (κ3) is 3.92. The maximum atomic E-state index is 12.1. The number of hydrogen-bond acceptors (Lipinski definition) is 2. The Morgan fingerprint density at radius 1 is 0.950 bits per heavy atom. The summed E-state index contributed by atoms with van der Waals surface area (Å²) in [5, 5.41) is 8.54. The Balaban J connectivity index is 2.06. The van der Waals surface area contributed by atoms with Gasteiger partial charge in [0.1, 0.15) is 0 Å². The number of ketones is 1. The normalized spacial score (nSPS) is 10.6. The van der Waals surface area contributed by atoms with Crippen LogP contribution in [0.2, 0.25) is 0 Å². The van der Waals surface area contributed by atoms with Crippen LogP contribution in [0, 0.1) is 0 Å². The van der Waals surface area contributed by atoms with Crippen LogP contribution in [-0.4, -0.2) is 16.9 Å². The Bertz CT molecular complexity index is 625. The van der Waals surface area contributed by atoms with Gasteiger partial charge in [0, 0.05) is 18.1 Å². The summed E-state index contributed by atoms with van der Waals surface area (Å²) in [6, 6.07) is 16.5. The lowest BCUT2D eigenvalue weighted by molar-refractivity contribution is -0.131. The summed E-state index contributed by atoms with van der Waals surface area (Å²) in [6.45, 7) is 0. The first-order chi connectivity index (χ1) is 9.65. The molecule has 0 heterocycles. The molecular weight excluding hydrogens is 252 g/mol. The second-order valence-electron chi connectivity index (χ2n) is 4.38. The molecule has 0 bridgehead atoms. The lowest BCUT2D eigenvalue weighted by atomic mass is 10.0. The number of carboxylic acid groups (broad SMARTS) is 1. The van der Waals surface area contributed by atoms with Crippen molar-refractivity contribution < 1.29 is 14.7 Å². The average Bonchev–Trinajstić information content (AvgIpc) is 2.46. The Morgan fingerprint density at radius 2 is 1.60 bits per heavy atom. The summed E-state index contributed by atoms with van der Waals surface area (Å²) in [4.78, 5) is 22.5. The number of carbonyl (C=O) groups excluding carboxylic acids is 1. The molecule has 2 aromatic rings. The first kappa shape index (κ1) is 13.7. The van der Waals surface area contributed by atoms with E-state index in [0.29, 0.717) is 12.0 Å². The van der Waals surface area contributed by atoms with E-state index in [9.17, 15) is 9.59 Å². The topological polar surface area (TPSA) is 54.4 Å². The van der Waals surface area contributed by atoms with Gasteiger partial charge in [0.05, 0.1) is 0 Å². The van der Waals surface area contributed by atoms with Crippen LogP contribution in [0.15, 0.2) is 60.7 Å². The van der Waals surface area contributed by atoms with Crippen molar-refractivity contribution in [1.29, 1.82) is 0 Å². The molecule has 3 heteroatoms. The number of carbonyl (C=O) groups is 2. The van der Waals surface area contributed by atoms with Crippen LogP contribution in [-0.2, 0) is 11.2 Å². The average molecular weight is 266 g/mol. The summed E-state index contributed by atoms with van der Waals surface area (Å²) in [5.41, 5.74) is 2.36. The number of aliphatic carboxylic acids is 1. The molecule has 0 unspecified atom stereocenters. The van der Waals surface area contributed by atoms with Crippen molar-refractivity contribution in [3.8, 4) is 0 Å². The maximum absolute atomic E-state index is 12.1. The standard InChI is InChI=1S/C17H14O3/c18-16(12-14-4-2-1-3-5-14)15-9-6-13(7-10-15)8-11-17(19)20/h1-11H,12H2,(H,19,20). The van der Waals surface area contributed by atoms with Crippen molar-refractivity contribution in [3.05, 3.63) is 77.4 Å². The summed E-state index contributed by atoms with van der Waals surface area (Å²) in [5.74, 6) is -0.945. The largest absolute Gasteiger partial charge is 0.478 e. The van der Waals surface area contributed by atoms with Gasteiger partial charge in [-0.25, -0.2) is 4.79 Å². The Morgan fingerprint density at radius 3 is 2.20 bits per heavy atom. The maximum Gasteiger partial charge on any atom is 0.328 e. The summed E-state index contributed by atoms with van der Waals surface area (Å²) >= 11 is 0. The second-order valence-corrected chi connectivity index (χ2v) is 4.38. The first-order valence-electron chi connectivity index (χ1n) is 6.23. The van der Waals surface area contributed by atoms with Crippen molar-refractivity contribution in [2.24, 2.45) is 0 Å². The molecule has 0 aromatic heterocycles. The fraction of sp³-hybridized carbons (Fsp3) is 0.0588. The molecule has 0 fully saturated rings. The van der Waals surface area contributed by atoms with Crippen molar-refractivity contribution >= 4 is 17.8 Å². The van der Waals surface area contributed by atoms with Gasteiger partial charge >= 0.3 is 5.97 Å². The number of Topliss-reactive ketones (excluding diaryl/α,β-unsaturated/α-hetero) is 1. The van der Waals surface area contributed by atoms with Crippen molar-refractivity contribution in [3.63, 3.8) is 0 Å². The van der Waals surface area contributed by atoms with Crippen molar-refractivity contribution in [1.82, 2.24) is 0 Å². The molecule has 0 aliphatic rings. The molecule has 0 aliphatic heterocycles. The van der Waals surface area contributed by atoms with E-state index in [1.165, 1.54) is 6.08 Å². The monoisotopic (exact) mass is 266 g/mol. The SMILES string of the molecule is O=C(O)C=Cc1ccc(C(=O)Cc2ccccc2)cc1. The first-order valence-corrected chi connectivity index (χ1v) is 6.23. The minimum atomic E-state index is -0.991. The molecule has 0 saturated heterocycles. The highest BCUT2D eigenvalue weighted by molar-refractivity contribution is 5.97. The molecule has 100 valence electrons. The van der Waals surface area contributed by atoms with Crippen LogP contribution in [0.1, 0.15) is 21.5 Å². The Kier molecular flexibility index (Phi) is 4.45. The quantitative estimate of drug-likeness (QED) is 0.668. The van der Waals surface area contributed by atoms with Crippen molar-refractivity contribution in [2.45, 2.75) is 6.42 Å². The molecule has 0 saturated carbocycles. The van der Waals surface area contributed by atoms with Gasteiger partial charge in [0.2, 0.25) is 0 Å². The smallest absolute Gasteiger partial charge is 0.328 e. The number of rotatable bonds is 5. The Labute approximate surface area is 117 Å². The summed E-state index contributed by atoms with van der Waals surface area (Å²) < 4.78 is 0.